The number of carboxylic acids is 1. The molecule has 1 aromatic carbocycles. The first kappa shape index (κ1) is 17.9. The second-order valence-corrected chi connectivity index (χ2v) is 6.22. The van der Waals surface area contributed by atoms with Crippen LogP contribution in [0.2, 0.25) is 0 Å². The first-order chi connectivity index (χ1) is 11.5. The van der Waals surface area contributed by atoms with Gasteiger partial charge in [0, 0.05) is 24.6 Å². The molecule has 0 spiro atoms. The standard InChI is InChI=1S/C17H22N2O5/c20-16(13-6-7-14(11-13)17(21)22)18-10-2-1-3-12-4-8-15(9-5-12)19(23)24/h4-5,8-9,13-14H,1-3,6-7,10-11H2,(H,18,20)(H,21,22)/t13-,14+/m0/s1. The van der Waals surface area contributed by atoms with Gasteiger partial charge < -0.3 is 10.4 Å². The molecule has 130 valence electrons. The Morgan fingerprint density at radius 2 is 1.83 bits per heavy atom. The van der Waals surface area contributed by atoms with E-state index >= 15 is 0 Å². The molecular weight excluding hydrogens is 312 g/mol. The first-order valence-electron chi connectivity index (χ1n) is 8.21. The van der Waals surface area contributed by atoms with Gasteiger partial charge >= 0.3 is 5.97 Å². The lowest BCUT2D eigenvalue weighted by Gasteiger charge is -2.10. The van der Waals surface area contributed by atoms with E-state index in [4.69, 9.17) is 5.11 Å². The number of hydrogen-bond donors (Lipinski definition) is 2. The highest BCUT2D eigenvalue weighted by molar-refractivity contribution is 5.80. The van der Waals surface area contributed by atoms with Crippen LogP contribution in [-0.2, 0) is 16.0 Å². The van der Waals surface area contributed by atoms with Gasteiger partial charge in [0.25, 0.3) is 5.69 Å². The number of carbonyl (C=O) groups is 2. The summed E-state index contributed by atoms with van der Waals surface area (Å²) in [5.41, 5.74) is 1.12. The van der Waals surface area contributed by atoms with Crippen LogP contribution in [0.1, 0.15) is 37.7 Å². The van der Waals surface area contributed by atoms with Gasteiger partial charge in [0.05, 0.1) is 10.8 Å². The number of carbonyl (C=O) groups excluding carboxylic acids is 1. The number of carboxylic acid groups (broad SMARTS) is 1. The molecule has 1 aliphatic rings. The summed E-state index contributed by atoms with van der Waals surface area (Å²) in [5, 5.41) is 22.4. The third-order valence-electron chi connectivity index (χ3n) is 4.49. The van der Waals surface area contributed by atoms with Crippen LogP contribution >= 0.6 is 0 Å². The van der Waals surface area contributed by atoms with Crippen LogP contribution in [0.4, 0.5) is 5.69 Å². The average Bonchev–Trinajstić information content (AvgIpc) is 3.05. The quantitative estimate of drug-likeness (QED) is 0.431. The maximum Gasteiger partial charge on any atom is 0.306 e. The highest BCUT2D eigenvalue weighted by Crippen LogP contribution is 2.31. The zero-order chi connectivity index (χ0) is 17.5. The molecule has 0 unspecified atom stereocenters. The molecule has 1 saturated carbocycles. The summed E-state index contributed by atoms with van der Waals surface area (Å²) in [4.78, 5) is 33.0. The van der Waals surface area contributed by atoms with Crippen LogP contribution in [0.15, 0.2) is 24.3 Å². The largest absolute Gasteiger partial charge is 0.481 e. The molecule has 7 heteroatoms. The summed E-state index contributed by atoms with van der Waals surface area (Å²) >= 11 is 0. The fourth-order valence-corrected chi connectivity index (χ4v) is 3.04. The van der Waals surface area contributed by atoms with Crippen LogP contribution in [0.25, 0.3) is 0 Å². The topological polar surface area (TPSA) is 110 Å². The van der Waals surface area contributed by atoms with Gasteiger partial charge in [-0.2, -0.15) is 0 Å². The lowest BCUT2D eigenvalue weighted by molar-refractivity contribution is -0.384. The van der Waals surface area contributed by atoms with Crippen LogP contribution in [0, 0.1) is 22.0 Å². The Bertz CT molecular complexity index is 600. The summed E-state index contributed by atoms with van der Waals surface area (Å²) in [6.07, 6.45) is 4.15. The summed E-state index contributed by atoms with van der Waals surface area (Å²) in [7, 11) is 0. The van der Waals surface area contributed by atoms with Crippen molar-refractivity contribution in [3.05, 3.63) is 39.9 Å². The van der Waals surface area contributed by atoms with E-state index in [2.05, 4.69) is 5.32 Å². The van der Waals surface area contributed by atoms with Crippen LogP contribution in [0.3, 0.4) is 0 Å². The number of amides is 1. The number of aliphatic carboxylic acids is 1. The molecule has 1 fully saturated rings. The van der Waals surface area contributed by atoms with E-state index in [0.717, 1.165) is 24.8 Å². The zero-order valence-electron chi connectivity index (χ0n) is 13.4. The fourth-order valence-electron chi connectivity index (χ4n) is 3.04. The van der Waals surface area contributed by atoms with E-state index in [0.29, 0.717) is 25.8 Å². The molecule has 0 bridgehead atoms. The first-order valence-corrected chi connectivity index (χ1v) is 8.21. The summed E-state index contributed by atoms with van der Waals surface area (Å²) < 4.78 is 0. The normalized spacial score (nSPS) is 19.8. The van der Waals surface area contributed by atoms with Gasteiger partial charge in [-0.05, 0) is 44.1 Å². The molecule has 1 aromatic rings. The number of benzene rings is 1. The van der Waals surface area contributed by atoms with Gasteiger partial charge in [-0.3, -0.25) is 19.7 Å². The van der Waals surface area contributed by atoms with Crippen LogP contribution in [0.5, 0.6) is 0 Å². The van der Waals surface area contributed by atoms with E-state index in [1.54, 1.807) is 12.1 Å². The molecule has 0 radical (unpaired) electrons. The Kier molecular flexibility index (Phi) is 6.28. The number of rotatable bonds is 8. The van der Waals surface area contributed by atoms with E-state index in [1.807, 2.05) is 0 Å². The molecule has 2 N–H and O–H groups in total. The van der Waals surface area contributed by atoms with Crippen molar-refractivity contribution >= 4 is 17.6 Å². The minimum Gasteiger partial charge on any atom is -0.481 e. The van der Waals surface area contributed by atoms with Gasteiger partial charge in [-0.25, -0.2) is 0 Å². The van der Waals surface area contributed by atoms with Gasteiger partial charge in [-0.1, -0.05) is 12.1 Å². The second kappa shape index (κ2) is 8.42. The number of nitro groups is 1. The van der Waals surface area contributed by atoms with Gasteiger partial charge in [0.2, 0.25) is 5.91 Å². The van der Waals surface area contributed by atoms with Crippen LogP contribution < -0.4 is 5.32 Å². The zero-order valence-corrected chi connectivity index (χ0v) is 13.4. The van der Waals surface area contributed by atoms with E-state index in [-0.39, 0.29) is 23.4 Å². The number of aryl methyl sites for hydroxylation is 1. The Morgan fingerprint density at radius 3 is 2.42 bits per heavy atom. The van der Waals surface area contributed by atoms with Gasteiger partial charge in [0.1, 0.15) is 0 Å². The molecule has 2 rings (SSSR count). The SMILES string of the molecule is O=C(O)[C@@H]1CC[C@H](C(=O)NCCCCc2ccc([N+](=O)[O-])cc2)C1. The molecular formula is C17H22N2O5. The highest BCUT2D eigenvalue weighted by atomic mass is 16.6. The van der Waals surface area contributed by atoms with E-state index in [9.17, 15) is 19.7 Å². The Morgan fingerprint density at radius 1 is 1.17 bits per heavy atom. The number of non-ortho nitro benzene ring substituents is 1. The van der Waals surface area contributed by atoms with Crippen molar-refractivity contribution < 1.29 is 19.6 Å². The van der Waals surface area contributed by atoms with Crippen molar-refractivity contribution in [3.63, 3.8) is 0 Å². The number of hydrogen-bond acceptors (Lipinski definition) is 4. The van der Waals surface area contributed by atoms with Crippen molar-refractivity contribution in [2.45, 2.75) is 38.5 Å². The molecule has 24 heavy (non-hydrogen) atoms. The predicted octanol–water partition coefficient (Wildman–Crippen LogP) is 2.53. The van der Waals surface area contributed by atoms with Crippen LogP contribution in [-0.4, -0.2) is 28.5 Å². The minimum absolute atomic E-state index is 0.0471. The smallest absolute Gasteiger partial charge is 0.306 e. The second-order valence-electron chi connectivity index (χ2n) is 6.22. The summed E-state index contributed by atoms with van der Waals surface area (Å²) in [5.74, 6) is -1.42. The lowest BCUT2D eigenvalue weighted by Crippen LogP contribution is -2.30. The molecule has 1 aliphatic carbocycles. The number of unbranched alkanes of at least 4 members (excludes halogenated alkanes) is 1. The number of nitro benzene ring substituents is 1. The minimum atomic E-state index is -0.812. The maximum absolute atomic E-state index is 12.0. The Balaban J connectivity index is 1.62. The van der Waals surface area contributed by atoms with Crippen molar-refractivity contribution in [3.8, 4) is 0 Å². The highest BCUT2D eigenvalue weighted by Gasteiger charge is 2.33. The molecule has 1 amide bonds. The van der Waals surface area contributed by atoms with Gasteiger partial charge in [0.15, 0.2) is 0 Å². The summed E-state index contributed by atoms with van der Waals surface area (Å²) in [6.45, 7) is 0.569. The van der Waals surface area contributed by atoms with E-state index in [1.165, 1.54) is 12.1 Å². The van der Waals surface area contributed by atoms with Crippen molar-refractivity contribution in [1.82, 2.24) is 5.32 Å². The molecule has 7 nitrogen and oxygen atoms in total. The molecule has 0 heterocycles. The Hall–Kier alpha value is -2.44. The van der Waals surface area contributed by atoms with Crippen molar-refractivity contribution in [1.29, 1.82) is 0 Å². The third kappa shape index (κ3) is 5.04. The Labute approximate surface area is 140 Å². The number of nitrogens with zero attached hydrogens (tertiary/aromatic N) is 1. The van der Waals surface area contributed by atoms with Crippen molar-refractivity contribution in [2.24, 2.45) is 11.8 Å². The third-order valence-corrected chi connectivity index (χ3v) is 4.49. The maximum atomic E-state index is 12.0. The lowest BCUT2D eigenvalue weighted by atomic mass is 10.0. The van der Waals surface area contributed by atoms with Gasteiger partial charge in [-0.15, -0.1) is 0 Å². The molecule has 0 saturated heterocycles. The molecule has 0 aromatic heterocycles. The monoisotopic (exact) mass is 334 g/mol. The van der Waals surface area contributed by atoms with Crippen molar-refractivity contribution in [2.75, 3.05) is 6.54 Å². The fraction of sp³-hybridized carbons (Fsp3) is 0.529. The number of nitrogens with one attached hydrogen (secondary N) is 1. The van der Waals surface area contributed by atoms with E-state index < -0.39 is 10.9 Å². The molecule has 0 aliphatic heterocycles. The summed E-state index contributed by atoms with van der Waals surface area (Å²) in [6, 6.07) is 6.49. The average molecular weight is 334 g/mol. The molecule has 2 atom stereocenters. The predicted molar refractivity (Wildman–Crippen MR) is 87.5 cm³/mol.